The molecule has 0 spiro atoms. The van der Waals surface area contributed by atoms with Crippen molar-refractivity contribution in [3.05, 3.63) is 23.8 Å². The van der Waals surface area contributed by atoms with Crippen LogP contribution in [0.5, 0.6) is 11.5 Å². The number of hydrogen-bond acceptors (Lipinski definition) is 4. The number of benzene rings is 1. The number of nitrogens with one attached hydrogen (secondary N) is 1. The zero-order chi connectivity index (χ0) is 15.9. The van der Waals surface area contributed by atoms with Gasteiger partial charge in [0.15, 0.2) is 0 Å². The lowest BCUT2D eigenvalue weighted by molar-refractivity contribution is -0.0721. The van der Waals surface area contributed by atoms with Crippen LogP contribution in [0.15, 0.2) is 18.2 Å². The predicted octanol–water partition coefficient (Wildman–Crippen LogP) is 3.56. The molecule has 0 heterocycles. The Kier molecular flexibility index (Phi) is 6.99. The zero-order valence-electron chi connectivity index (χ0n) is 14.2. The van der Waals surface area contributed by atoms with Gasteiger partial charge in [-0.1, -0.05) is 13.8 Å². The van der Waals surface area contributed by atoms with Crippen LogP contribution < -0.4 is 14.8 Å². The summed E-state index contributed by atoms with van der Waals surface area (Å²) in [5.41, 5.74) is 0.805. The molecular formula is C17H29NO3. The number of hydrogen-bond donors (Lipinski definition) is 1. The summed E-state index contributed by atoms with van der Waals surface area (Å²) in [6.45, 7) is 7.05. The van der Waals surface area contributed by atoms with E-state index in [1.165, 1.54) is 0 Å². The van der Waals surface area contributed by atoms with Crippen LogP contribution in [0.1, 0.15) is 45.2 Å². The van der Waals surface area contributed by atoms with Crippen molar-refractivity contribution in [2.45, 2.75) is 45.3 Å². The van der Waals surface area contributed by atoms with Crippen LogP contribution in [0.4, 0.5) is 0 Å². The molecule has 4 heteroatoms. The maximum absolute atomic E-state index is 6.15. The minimum atomic E-state index is -0.261. The lowest BCUT2D eigenvalue weighted by atomic mass is 9.83. The molecule has 0 aliphatic carbocycles. The lowest BCUT2D eigenvalue weighted by Crippen LogP contribution is -2.44. The Balaban J connectivity index is 3.35. The highest BCUT2D eigenvalue weighted by Gasteiger charge is 2.38. The first-order valence-electron chi connectivity index (χ1n) is 7.65. The van der Waals surface area contributed by atoms with Crippen LogP contribution in [-0.2, 0) is 4.74 Å². The van der Waals surface area contributed by atoms with E-state index in [0.717, 1.165) is 29.9 Å². The van der Waals surface area contributed by atoms with Gasteiger partial charge in [0.25, 0.3) is 0 Å². The van der Waals surface area contributed by atoms with Crippen molar-refractivity contribution in [3.63, 3.8) is 0 Å². The van der Waals surface area contributed by atoms with Crippen LogP contribution in [0.25, 0.3) is 0 Å². The summed E-state index contributed by atoms with van der Waals surface area (Å²) in [6.07, 6.45) is 1.84. The van der Waals surface area contributed by atoms with Gasteiger partial charge in [0.1, 0.15) is 11.5 Å². The summed E-state index contributed by atoms with van der Waals surface area (Å²) < 4.78 is 17.1. The minimum Gasteiger partial charge on any atom is -0.497 e. The summed E-state index contributed by atoms with van der Waals surface area (Å²) >= 11 is 0. The highest BCUT2D eigenvalue weighted by molar-refractivity contribution is 5.43. The van der Waals surface area contributed by atoms with E-state index >= 15 is 0 Å². The Bertz CT molecular complexity index is 430. The molecule has 4 nitrogen and oxygen atoms in total. The highest BCUT2D eigenvalue weighted by Crippen LogP contribution is 2.40. The Morgan fingerprint density at radius 2 is 1.76 bits per heavy atom. The van der Waals surface area contributed by atoms with E-state index < -0.39 is 0 Å². The van der Waals surface area contributed by atoms with E-state index in [1.54, 1.807) is 14.2 Å². The van der Waals surface area contributed by atoms with Gasteiger partial charge < -0.3 is 19.5 Å². The SMILES string of the molecule is CCOC(CC)(CC)C(NC)c1cc(OC)ccc1OC. The van der Waals surface area contributed by atoms with Gasteiger partial charge in [-0.3, -0.25) is 0 Å². The molecule has 120 valence electrons. The fourth-order valence-corrected chi connectivity index (χ4v) is 3.00. The summed E-state index contributed by atoms with van der Waals surface area (Å²) in [5, 5.41) is 3.41. The summed E-state index contributed by atoms with van der Waals surface area (Å²) in [5.74, 6) is 1.67. The van der Waals surface area contributed by atoms with Gasteiger partial charge in [0.05, 0.1) is 25.9 Å². The second-order valence-corrected chi connectivity index (χ2v) is 5.03. The molecule has 1 aromatic carbocycles. The Morgan fingerprint density at radius 1 is 1.10 bits per heavy atom. The maximum Gasteiger partial charge on any atom is 0.124 e. The molecule has 0 aliphatic heterocycles. The third-order valence-corrected chi connectivity index (χ3v) is 4.19. The van der Waals surface area contributed by atoms with Crippen molar-refractivity contribution in [1.29, 1.82) is 0 Å². The van der Waals surface area contributed by atoms with Crippen molar-refractivity contribution >= 4 is 0 Å². The van der Waals surface area contributed by atoms with E-state index in [1.807, 2.05) is 32.2 Å². The highest BCUT2D eigenvalue weighted by atomic mass is 16.5. The third-order valence-electron chi connectivity index (χ3n) is 4.19. The molecule has 1 rings (SSSR count). The first kappa shape index (κ1) is 17.8. The zero-order valence-corrected chi connectivity index (χ0v) is 14.2. The quantitative estimate of drug-likeness (QED) is 0.756. The van der Waals surface area contributed by atoms with Gasteiger partial charge in [-0.25, -0.2) is 0 Å². The van der Waals surface area contributed by atoms with Gasteiger partial charge in [-0.15, -0.1) is 0 Å². The van der Waals surface area contributed by atoms with E-state index in [9.17, 15) is 0 Å². The number of ether oxygens (including phenoxy) is 3. The normalized spacial score (nSPS) is 13.0. The molecule has 0 fully saturated rings. The third kappa shape index (κ3) is 3.69. The van der Waals surface area contributed by atoms with E-state index in [0.29, 0.717) is 6.61 Å². The second kappa shape index (κ2) is 8.25. The lowest BCUT2D eigenvalue weighted by Gasteiger charge is -2.40. The van der Waals surface area contributed by atoms with E-state index in [4.69, 9.17) is 14.2 Å². The number of methoxy groups -OCH3 is 2. The second-order valence-electron chi connectivity index (χ2n) is 5.03. The van der Waals surface area contributed by atoms with Crippen molar-refractivity contribution in [1.82, 2.24) is 5.32 Å². The molecule has 1 aromatic rings. The van der Waals surface area contributed by atoms with Gasteiger partial charge in [-0.2, -0.15) is 0 Å². The van der Waals surface area contributed by atoms with Crippen LogP contribution in [0, 0.1) is 0 Å². The van der Waals surface area contributed by atoms with Crippen molar-refractivity contribution in [2.24, 2.45) is 0 Å². The molecule has 0 aliphatic rings. The molecule has 0 aromatic heterocycles. The average molecular weight is 295 g/mol. The largest absolute Gasteiger partial charge is 0.497 e. The fourth-order valence-electron chi connectivity index (χ4n) is 3.00. The van der Waals surface area contributed by atoms with E-state index in [2.05, 4.69) is 19.2 Å². The smallest absolute Gasteiger partial charge is 0.124 e. The monoisotopic (exact) mass is 295 g/mol. The molecule has 0 amide bonds. The summed E-state index contributed by atoms with van der Waals surface area (Å²) in [6, 6.07) is 5.92. The van der Waals surface area contributed by atoms with Gasteiger partial charge >= 0.3 is 0 Å². The Labute approximate surface area is 128 Å². The van der Waals surface area contributed by atoms with Crippen LogP contribution in [0.3, 0.4) is 0 Å². The molecule has 1 atom stereocenters. The van der Waals surface area contributed by atoms with Crippen LogP contribution >= 0.6 is 0 Å². The van der Waals surface area contributed by atoms with Crippen molar-refractivity contribution in [2.75, 3.05) is 27.9 Å². The van der Waals surface area contributed by atoms with Crippen LogP contribution in [0.2, 0.25) is 0 Å². The topological polar surface area (TPSA) is 39.7 Å². The fraction of sp³-hybridized carbons (Fsp3) is 0.647. The van der Waals surface area contributed by atoms with Gasteiger partial charge in [0, 0.05) is 12.2 Å². The molecule has 1 N–H and O–H groups in total. The summed E-state index contributed by atoms with van der Waals surface area (Å²) in [4.78, 5) is 0. The van der Waals surface area contributed by atoms with Gasteiger partial charge in [0.2, 0.25) is 0 Å². The standard InChI is InChI=1S/C17H29NO3/c1-7-17(8-2,21-9-3)16(18-4)14-12-13(19-5)10-11-15(14)20-6/h10-12,16,18H,7-9H2,1-6H3. The molecule has 0 radical (unpaired) electrons. The van der Waals surface area contributed by atoms with Crippen molar-refractivity contribution < 1.29 is 14.2 Å². The summed E-state index contributed by atoms with van der Waals surface area (Å²) in [7, 11) is 5.33. The maximum atomic E-state index is 6.15. The molecular weight excluding hydrogens is 266 g/mol. The molecule has 0 bridgehead atoms. The average Bonchev–Trinajstić information content (AvgIpc) is 2.54. The Hall–Kier alpha value is -1.26. The van der Waals surface area contributed by atoms with Crippen LogP contribution in [-0.4, -0.2) is 33.5 Å². The molecule has 21 heavy (non-hydrogen) atoms. The minimum absolute atomic E-state index is 0.0394. The number of rotatable bonds is 9. The van der Waals surface area contributed by atoms with E-state index in [-0.39, 0.29) is 11.6 Å². The molecule has 0 saturated heterocycles. The molecule has 1 unspecified atom stereocenters. The predicted molar refractivity (Wildman–Crippen MR) is 86.3 cm³/mol. The number of likely N-dealkylation sites (N-methyl/N-ethyl adjacent to an activating group) is 1. The first-order valence-corrected chi connectivity index (χ1v) is 7.65. The first-order chi connectivity index (χ1) is 10.1. The molecule has 0 saturated carbocycles. The Morgan fingerprint density at radius 3 is 2.19 bits per heavy atom. The van der Waals surface area contributed by atoms with Crippen molar-refractivity contribution in [3.8, 4) is 11.5 Å². The van der Waals surface area contributed by atoms with Gasteiger partial charge in [-0.05, 0) is 45.0 Å².